The molecule has 0 saturated heterocycles. The Morgan fingerprint density at radius 3 is 2.06 bits per heavy atom. The molecule has 0 aromatic heterocycles. The highest BCUT2D eigenvalue weighted by Crippen LogP contribution is 2.26. The lowest BCUT2D eigenvalue weighted by atomic mass is 10.00. The second kappa shape index (κ2) is 20.3. The zero-order valence-electron chi connectivity index (χ0n) is 29.2. The Kier molecular flexibility index (Phi) is 15.5. The van der Waals surface area contributed by atoms with Crippen molar-refractivity contribution in [3.63, 3.8) is 0 Å². The van der Waals surface area contributed by atoms with E-state index < -0.39 is 0 Å². The van der Waals surface area contributed by atoms with Crippen LogP contribution in [0.1, 0.15) is 96.1 Å². The molecule has 0 bridgehead atoms. The number of amides is 1. The summed E-state index contributed by atoms with van der Waals surface area (Å²) in [5.74, 6) is 1.53. The number of hydrogen-bond acceptors (Lipinski definition) is 5. The molecule has 0 radical (unpaired) electrons. The Morgan fingerprint density at radius 2 is 1.35 bits per heavy atom. The van der Waals surface area contributed by atoms with Gasteiger partial charge in [0.05, 0.1) is 25.9 Å². The number of nitrogens with zero attached hydrogens (tertiary/aromatic N) is 1. The Hall–Kier alpha value is -4.13. The van der Waals surface area contributed by atoms with Crippen LogP contribution in [0.25, 0.3) is 0 Å². The minimum Gasteiger partial charge on any atom is -0.493 e. The minimum absolute atomic E-state index is 0.0311. The van der Waals surface area contributed by atoms with Gasteiger partial charge in [0.15, 0.2) is 0 Å². The molecular formula is C42H54N2O4. The maximum Gasteiger partial charge on any atom is 0.254 e. The Balaban J connectivity index is 1.28. The van der Waals surface area contributed by atoms with Crippen LogP contribution in [0, 0.1) is 13.8 Å². The van der Waals surface area contributed by atoms with Gasteiger partial charge in [0.2, 0.25) is 0 Å². The Labute approximate surface area is 288 Å². The number of carbonyl (C=O) groups is 1. The van der Waals surface area contributed by atoms with E-state index in [1.165, 1.54) is 38.5 Å². The van der Waals surface area contributed by atoms with Crippen molar-refractivity contribution in [2.75, 3.05) is 33.0 Å². The number of hydrogen-bond donors (Lipinski definition) is 1. The molecule has 4 aromatic carbocycles. The lowest BCUT2D eigenvalue weighted by Gasteiger charge is -2.24. The first-order valence-electron chi connectivity index (χ1n) is 17.6. The average Bonchev–Trinajstić information content (AvgIpc) is 3.12. The smallest absolute Gasteiger partial charge is 0.254 e. The molecule has 0 aliphatic rings. The standard InChI is InChI=1S/C42H54N2O4/c1-4-5-6-7-8-9-16-26-48-40-31-38(30-33(2)34(40)3)42(45)44(32-35-17-12-10-13-18-35)25-27-46-28-29-47-39-23-21-37(22-24-39)41(43)36-19-14-11-15-20-36/h10-15,17-24,30-31,41H,4-9,16,25-29,32,43H2,1-3H3. The molecular weight excluding hydrogens is 596 g/mol. The fourth-order valence-corrected chi connectivity index (χ4v) is 5.70. The highest BCUT2D eigenvalue weighted by Gasteiger charge is 2.19. The van der Waals surface area contributed by atoms with E-state index >= 15 is 0 Å². The molecule has 6 nitrogen and oxygen atoms in total. The number of rotatable bonds is 21. The van der Waals surface area contributed by atoms with Crippen molar-refractivity contribution in [2.45, 2.75) is 78.3 Å². The van der Waals surface area contributed by atoms with Crippen molar-refractivity contribution in [3.05, 3.63) is 130 Å². The van der Waals surface area contributed by atoms with Crippen molar-refractivity contribution in [1.29, 1.82) is 0 Å². The van der Waals surface area contributed by atoms with E-state index in [0.29, 0.717) is 45.1 Å². The zero-order chi connectivity index (χ0) is 34.0. The maximum absolute atomic E-state index is 13.9. The third-order valence-corrected chi connectivity index (χ3v) is 8.78. The Bertz CT molecular complexity index is 1490. The predicted octanol–water partition coefficient (Wildman–Crippen LogP) is 9.22. The highest BCUT2D eigenvalue weighted by atomic mass is 16.5. The molecule has 0 heterocycles. The number of nitrogens with two attached hydrogens (primary N) is 1. The number of carbonyl (C=O) groups excluding carboxylic acids is 1. The van der Waals surface area contributed by atoms with Crippen LogP contribution in [0.2, 0.25) is 0 Å². The summed E-state index contributed by atoms with van der Waals surface area (Å²) in [6.45, 7) is 9.21. The van der Waals surface area contributed by atoms with Gasteiger partial charge in [-0.15, -0.1) is 0 Å². The van der Waals surface area contributed by atoms with Crippen molar-refractivity contribution in [1.82, 2.24) is 4.90 Å². The zero-order valence-corrected chi connectivity index (χ0v) is 29.2. The van der Waals surface area contributed by atoms with Gasteiger partial charge in [0, 0.05) is 18.7 Å². The molecule has 256 valence electrons. The molecule has 0 spiro atoms. The van der Waals surface area contributed by atoms with Crippen LogP contribution in [0.3, 0.4) is 0 Å². The first-order valence-corrected chi connectivity index (χ1v) is 17.6. The van der Waals surface area contributed by atoms with Gasteiger partial charge in [-0.3, -0.25) is 4.79 Å². The molecule has 6 heteroatoms. The van der Waals surface area contributed by atoms with Gasteiger partial charge < -0.3 is 24.8 Å². The summed E-state index contributed by atoms with van der Waals surface area (Å²) >= 11 is 0. The SMILES string of the molecule is CCCCCCCCCOc1cc(C(=O)N(CCOCCOc2ccc(C(N)c3ccccc3)cc2)Cc2ccccc2)cc(C)c1C. The molecule has 0 aliphatic carbocycles. The molecule has 48 heavy (non-hydrogen) atoms. The van der Waals surface area contributed by atoms with Crippen LogP contribution in [-0.4, -0.2) is 43.8 Å². The van der Waals surface area contributed by atoms with Gasteiger partial charge in [0.1, 0.15) is 18.1 Å². The van der Waals surface area contributed by atoms with E-state index in [1.54, 1.807) is 0 Å². The van der Waals surface area contributed by atoms with Crippen molar-refractivity contribution in [3.8, 4) is 11.5 Å². The van der Waals surface area contributed by atoms with Crippen molar-refractivity contribution in [2.24, 2.45) is 5.73 Å². The predicted molar refractivity (Wildman–Crippen MR) is 196 cm³/mol. The molecule has 0 fully saturated rings. The van der Waals surface area contributed by atoms with Gasteiger partial charge in [-0.05, 0) is 72.4 Å². The van der Waals surface area contributed by atoms with E-state index in [2.05, 4.69) is 13.8 Å². The molecule has 1 unspecified atom stereocenters. The summed E-state index contributed by atoms with van der Waals surface area (Å²) in [6, 6.07) is 31.7. The Morgan fingerprint density at radius 1 is 0.708 bits per heavy atom. The van der Waals surface area contributed by atoms with Gasteiger partial charge in [-0.25, -0.2) is 0 Å². The van der Waals surface area contributed by atoms with Gasteiger partial charge in [-0.1, -0.05) is 118 Å². The van der Waals surface area contributed by atoms with Crippen LogP contribution in [0.4, 0.5) is 0 Å². The van der Waals surface area contributed by atoms with E-state index in [-0.39, 0.29) is 11.9 Å². The molecule has 2 N–H and O–H groups in total. The topological polar surface area (TPSA) is 74.0 Å². The van der Waals surface area contributed by atoms with Crippen LogP contribution in [0.15, 0.2) is 97.1 Å². The monoisotopic (exact) mass is 650 g/mol. The lowest BCUT2D eigenvalue weighted by molar-refractivity contribution is 0.0572. The molecule has 1 atom stereocenters. The number of aryl methyl sites for hydroxylation is 1. The molecule has 0 aliphatic heterocycles. The third kappa shape index (κ3) is 11.8. The highest BCUT2D eigenvalue weighted by molar-refractivity contribution is 5.95. The first-order chi connectivity index (χ1) is 23.5. The summed E-state index contributed by atoms with van der Waals surface area (Å²) in [5.41, 5.74) is 12.4. The summed E-state index contributed by atoms with van der Waals surface area (Å²) in [4.78, 5) is 15.8. The maximum atomic E-state index is 13.9. The second-order valence-electron chi connectivity index (χ2n) is 12.5. The first kappa shape index (κ1) is 36.7. The molecule has 4 aromatic rings. The minimum atomic E-state index is -0.178. The largest absolute Gasteiger partial charge is 0.493 e. The number of ether oxygens (including phenoxy) is 3. The number of benzene rings is 4. The lowest BCUT2D eigenvalue weighted by Crippen LogP contribution is -2.34. The summed E-state index contributed by atoms with van der Waals surface area (Å²) < 4.78 is 18.1. The second-order valence-corrected chi connectivity index (χ2v) is 12.5. The fraction of sp³-hybridized carbons (Fsp3) is 0.405. The fourth-order valence-electron chi connectivity index (χ4n) is 5.70. The van der Waals surface area contributed by atoms with Gasteiger partial charge in [0.25, 0.3) is 5.91 Å². The van der Waals surface area contributed by atoms with Crippen LogP contribution >= 0.6 is 0 Å². The van der Waals surface area contributed by atoms with E-state index in [0.717, 1.165) is 45.7 Å². The quantitative estimate of drug-likeness (QED) is 0.0911. The summed E-state index contributed by atoms with van der Waals surface area (Å²) in [5, 5.41) is 0. The van der Waals surface area contributed by atoms with E-state index in [1.807, 2.05) is 109 Å². The number of unbranched alkanes of at least 4 members (excludes halogenated alkanes) is 6. The molecule has 4 rings (SSSR count). The molecule has 1 amide bonds. The molecule has 0 saturated carbocycles. The van der Waals surface area contributed by atoms with Crippen LogP contribution in [-0.2, 0) is 11.3 Å². The third-order valence-electron chi connectivity index (χ3n) is 8.78. The van der Waals surface area contributed by atoms with Crippen molar-refractivity contribution < 1.29 is 19.0 Å². The van der Waals surface area contributed by atoms with Crippen LogP contribution in [0.5, 0.6) is 11.5 Å². The average molecular weight is 651 g/mol. The normalized spacial score (nSPS) is 11.7. The van der Waals surface area contributed by atoms with Crippen molar-refractivity contribution >= 4 is 5.91 Å². The van der Waals surface area contributed by atoms with Crippen LogP contribution < -0.4 is 15.2 Å². The van der Waals surface area contributed by atoms with Gasteiger partial charge in [-0.2, -0.15) is 0 Å². The van der Waals surface area contributed by atoms with E-state index in [9.17, 15) is 4.79 Å². The van der Waals surface area contributed by atoms with E-state index in [4.69, 9.17) is 19.9 Å². The summed E-state index contributed by atoms with van der Waals surface area (Å²) in [6.07, 6.45) is 8.65. The summed E-state index contributed by atoms with van der Waals surface area (Å²) in [7, 11) is 0. The van der Waals surface area contributed by atoms with Gasteiger partial charge >= 0.3 is 0 Å².